The zero-order valence-corrected chi connectivity index (χ0v) is 19.0. The molecule has 0 unspecified atom stereocenters. The number of ether oxygens (including phenoxy) is 2. The summed E-state index contributed by atoms with van der Waals surface area (Å²) in [6.07, 6.45) is 0. The number of carbonyl (C=O) groups excluding carboxylic acids is 2. The average Bonchev–Trinajstić information content (AvgIpc) is 2.73. The summed E-state index contributed by atoms with van der Waals surface area (Å²) in [5.41, 5.74) is 5.92. The molecule has 1 aliphatic heterocycles. The van der Waals surface area contributed by atoms with Crippen LogP contribution in [0.1, 0.15) is 40.8 Å². The minimum absolute atomic E-state index is 0.0731. The lowest BCUT2D eigenvalue weighted by Crippen LogP contribution is -2.48. The summed E-state index contributed by atoms with van der Waals surface area (Å²) >= 11 is 0. The molecule has 6 heteroatoms. The third kappa shape index (κ3) is 4.58. The van der Waals surface area contributed by atoms with Crippen LogP contribution in [0, 0.1) is 27.7 Å². The number of urea groups is 1. The van der Waals surface area contributed by atoms with Gasteiger partial charge in [0.05, 0.1) is 23.9 Å². The van der Waals surface area contributed by atoms with Crippen molar-refractivity contribution in [2.45, 2.75) is 40.7 Å². The molecule has 2 amide bonds. The van der Waals surface area contributed by atoms with Crippen LogP contribution < -0.4 is 10.1 Å². The van der Waals surface area contributed by atoms with Crippen LogP contribution in [0.2, 0.25) is 0 Å². The Morgan fingerprint density at radius 1 is 1.10 bits per heavy atom. The first-order chi connectivity index (χ1) is 14.7. The molecule has 0 radical (unpaired) electrons. The SMILES string of the molecule is CCOC(=O)C1=C(COc2cccc(C)c2C)N(C)C(=O)N[C@@H]1c1cc(C)ccc1C. The molecular formula is C25H30N2O4. The number of benzene rings is 2. The van der Waals surface area contributed by atoms with E-state index in [-0.39, 0.29) is 19.2 Å². The van der Waals surface area contributed by atoms with Crippen molar-refractivity contribution in [3.63, 3.8) is 0 Å². The molecule has 31 heavy (non-hydrogen) atoms. The number of hydrogen-bond donors (Lipinski definition) is 1. The van der Waals surface area contributed by atoms with E-state index in [0.717, 1.165) is 33.6 Å². The standard InChI is InChI=1S/C25H30N2O4/c1-7-30-24(28)22-20(14-31-21-10-8-9-16(3)18(21)5)27(6)25(29)26-23(22)19-13-15(2)11-12-17(19)4/h8-13,23H,7,14H2,1-6H3,(H,26,29)/t23-/m1/s1. The molecule has 0 fully saturated rings. The zero-order chi connectivity index (χ0) is 22.7. The molecule has 1 heterocycles. The fourth-order valence-electron chi connectivity index (χ4n) is 3.71. The summed E-state index contributed by atoms with van der Waals surface area (Å²) in [4.78, 5) is 27.3. The average molecular weight is 423 g/mol. The largest absolute Gasteiger partial charge is 0.487 e. The Balaban J connectivity index is 2.10. The first-order valence-corrected chi connectivity index (χ1v) is 10.4. The van der Waals surface area contributed by atoms with E-state index >= 15 is 0 Å². The van der Waals surface area contributed by atoms with Gasteiger partial charge in [0, 0.05) is 7.05 Å². The van der Waals surface area contributed by atoms with E-state index in [9.17, 15) is 9.59 Å². The van der Waals surface area contributed by atoms with Crippen LogP contribution in [-0.4, -0.2) is 37.2 Å². The summed E-state index contributed by atoms with van der Waals surface area (Å²) in [6, 6.07) is 10.9. The van der Waals surface area contributed by atoms with Gasteiger partial charge in [-0.25, -0.2) is 9.59 Å². The van der Waals surface area contributed by atoms with E-state index in [2.05, 4.69) is 5.32 Å². The summed E-state index contributed by atoms with van der Waals surface area (Å²) in [5, 5.41) is 2.96. The normalized spacial score (nSPS) is 16.3. The van der Waals surface area contributed by atoms with Crippen molar-refractivity contribution in [1.29, 1.82) is 0 Å². The van der Waals surface area contributed by atoms with E-state index in [0.29, 0.717) is 11.3 Å². The van der Waals surface area contributed by atoms with Crippen molar-refractivity contribution in [3.8, 4) is 5.75 Å². The number of aryl methyl sites for hydroxylation is 3. The highest BCUT2D eigenvalue weighted by atomic mass is 16.5. The topological polar surface area (TPSA) is 67.9 Å². The summed E-state index contributed by atoms with van der Waals surface area (Å²) < 4.78 is 11.5. The molecule has 3 rings (SSSR count). The van der Waals surface area contributed by atoms with E-state index in [4.69, 9.17) is 9.47 Å². The van der Waals surface area contributed by atoms with Crippen LogP contribution in [0.5, 0.6) is 5.75 Å². The van der Waals surface area contributed by atoms with E-state index in [1.807, 2.05) is 64.1 Å². The Kier molecular flexibility index (Phi) is 6.68. The predicted molar refractivity (Wildman–Crippen MR) is 120 cm³/mol. The highest BCUT2D eigenvalue weighted by Crippen LogP contribution is 2.33. The van der Waals surface area contributed by atoms with Crippen LogP contribution >= 0.6 is 0 Å². The minimum Gasteiger partial charge on any atom is -0.487 e. The van der Waals surface area contributed by atoms with E-state index in [1.54, 1.807) is 14.0 Å². The van der Waals surface area contributed by atoms with Gasteiger partial charge in [-0.05, 0) is 62.9 Å². The van der Waals surface area contributed by atoms with E-state index < -0.39 is 12.0 Å². The lowest BCUT2D eigenvalue weighted by atomic mass is 9.90. The van der Waals surface area contributed by atoms with Crippen molar-refractivity contribution in [1.82, 2.24) is 10.2 Å². The molecule has 1 N–H and O–H groups in total. The summed E-state index contributed by atoms with van der Waals surface area (Å²) in [6.45, 7) is 10.0. The number of nitrogens with zero attached hydrogens (tertiary/aromatic N) is 1. The van der Waals surface area contributed by atoms with E-state index in [1.165, 1.54) is 4.90 Å². The number of esters is 1. The monoisotopic (exact) mass is 422 g/mol. The van der Waals surface area contributed by atoms with Gasteiger partial charge in [0.2, 0.25) is 0 Å². The number of hydrogen-bond acceptors (Lipinski definition) is 4. The second-order valence-corrected chi connectivity index (χ2v) is 7.87. The Morgan fingerprint density at radius 3 is 2.55 bits per heavy atom. The van der Waals surface area contributed by atoms with Crippen LogP contribution in [0.4, 0.5) is 4.79 Å². The molecule has 1 atom stereocenters. The zero-order valence-electron chi connectivity index (χ0n) is 19.0. The van der Waals surface area contributed by atoms with Crippen LogP contribution in [0.15, 0.2) is 47.7 Å². The first-order valence-electron chi connectivity index (χ1n) is 10.4. The molecule has 164 valence electrons. The molecule has 0 saturated heterocycles. The maximum Gasteiger partial charge on any atom is 0.338 e. The van der Waals surface area contributed by atoms with Gasteiger partial charge >= 0.3 is 12.0 Å². The Bertz CT molecular complexity index is 1040. The highest BCUT2D eigenvalue weighted by molar-refractivity contribution is 5.95. The van der Waals surface area contributed by atoms with Gasteiger partial charge < -0.3 is 14.8 Å². The van der Waals surface area contributed by atoms with Gasteiger partial charge in [-0.2, -0.15) is 0 Å². The minimum atomic E-state index is -0.611. The van der Waals surface area contributed by atoms with Crippen molar-refractivity contribution < 1.29 is 19.1 Å². The Morgan fingerprint density at radius 2 is 1.84 bits per heavy atom. The molecule has 2 aromatic carbocycles. The predicted octanol–water partition coefficient (Wildman–Crippen LogP) is 4.51. The van der Waals surface area contributed by atoms with Crippen molar-refractivity contribution in [3.05, 3.63) is 75.5 Å². The van der Waals surface area contributed by atoms with Gasteiger partial charge in [-0.15, -0.1) is 0 Å². The van der Waals surface area contributed by atoms with Crippen molar-refractivity contribution in [2.75, 3.05) is 20.3 Å². The van der Waals surface area contributed by atoms with Crippen LogP contribution in [0.25, 0.3) is 0 Å². The lowest BCUT2D eigenvalue weighted by molar-refractivity contribution is -0.139. The fraction of sp³-hybridized carbons (Fsp3) is 0.360. The molecule has 0 spiro atoms. The Hall–Kier alpha value is -3.28. The number of likely N-dealkylation sites (N-methyl/N-ethyl adjacent to an activating group) is 1. The highest BCUT2D eigenvalue weighted by Gasteiger charge is 2.37. The maximum absolute atomic E-state index is 13.1. The first kappa shape index (κ1) is 22.4. The maximum atomic E-state index is 13.1. The molecule has 0 saturated carbocycles. The second-order valence-electron chi connectivity index (χ2n) is 7.87. The number of rotatable bonds is 6. The molecule has 0 bridgehead atoms. The smallest absolute Gasteiger partial charge is 0.338 e. The second kappa shape index (κ2) is 9.25. The molecule has 1 aliphatic rings. The summed E-state index contributed by atoms with van der Waals surface area (Å²) in [7, 11) is 1.63. The third-order valence-electron chi connectivity index (χ3n) is 5.74. The van der Waals surface area contributed by atoms with Gasteiger partial charge in [-0.1, -0.05) is 35.9 Å². The fourth-order valence-corrected chi connectivity index (χ4v) is 3.71. The van der Waals surface area contributed by atoms with Crippen molar-refractivity contribution in [2.24, 2.45) is 0 Å². The number of nitrogens with one attached hydrogen (secondary N) is 1. The van der Waals surface area contributed by atoms with Gasteiger partial charge in [0.1, 0.15) is 12.4 Å². The molecule has 6 nitrogen and oxygen atoms in total. The molecular weight excluding hydrogens is 392 g/mol. The van der Waals surface area contributed by atoms with Crippen molar-refractivity contribution >= 4 is 12.0 Å². The quantitative estimate of drug-likeness (QED) is 0.696. The van der Waals surface area contributed by atoms with Crippen LogP contribution in [-0.2, 0) is 9.53 Å². The van der Waals surface area contributed by atoms with Gasteiger partial charge in [0.25, 0.3) is 0 Å². The Labute approximate surface area is 183 Å². The molecule has 0 aromatic heterocycles. The van der Waals surface area contributed by atoms with Gasteiger partial charge in [-0.3, -0.25) is 4.90 Å². The summed E-state index contributed by atoms with van der Waals surface area (Å²) in [5.74, 6) is 0.262. The number of amides is 2. The molecule has 0 aliphatic carbocycles. The third-order valence-corrected chi connectivity index (χ3v) is 5.74. The van der Waals surface area contributed by atoms with Gasteiger partial charge in [0.15, 0.2) is 0 Å². The molecule has 2 aromatic rings. The lowest BCUT2D eigenvalue weighted by Gasteiger charge is -2.35. The number of carbonyl (C=O) groups is 2. The van der Waals surface area contributed by atoms with Crippen LogP contribution in [0.3, 0.4) is 0 Å².